The van der Waals surface area contributed by atoms with Crippen molar-refractivity contribution in [1.29, 1.82) is 0 Å². The lowest BCUT2D eigenvalue weighted by Crippen LogP contribution is -2.36. The maximum absolute atomic E-state index is 12.9. The number of alkyl halides is 3. The van der Waals surface area contributed by atoms with E-state index in [1.807, 2.05) is 0 Å². The molecule has 4 rings (SSSR count). The van der Waals surface area contributed by atoms with Crippen molar-refractivity contribution in [3.05, 3.63) is 53.3 Å². The average molecular weight is 406 g/mol. The highest BCUT2D eigenvalue weighted by Gasteiger charge is 2.42. The van der Waals surface area contributed by atoms with Crippen LogP contribution >= 0.6 is 0 Å². The fourth-order valence-electron chi connectivity index (χ4n) is 4.24. The predicted octanol–water partition coefficient (Wildman–Crippen LogP) is 3.14. The number of aromatic nitrogens is 2. The standard InChI is InChI=1S/C20H21F3N4O2/c1-13(28)18-5-6-27(24-18)19(29)26-11-15-9-25(10-16(15)12-26)8-14-3-2-4-17(7-14)20(21,22)23/h2-7,15-16H,8-12H2,1H3. The van der Waals surface area contributed by atoms with Crippen LogP contribution in [0.15, 0.2) is 36.5 Å². The van der Waals surface area contributed by atoms with Crippen LogP contribution in [0, 0.1) is 11.8 Å². The van der Waals surface area contributed by atoms with E-state index in [1.165, 1.54) is 36.0 Å². The first kappa shape index (κ1) is 19.6. The van der Waals surface area contributed by atoms with Crippen LogP contribution in [0.25, 0.3) is 0 Å². The molecule has 29 heavy (non-hydrogen) atoms. The fourth-order valence-corrected chi connectivity index (χ4v) is 4.24. The molecule has 1 aromatic carbocycles. The summed E-state index contributed by atoms with van der Waals surface area (Å²) in [6, 6.07) is 6.70. The molecule has 2 saturated heterocycles. The van der Waals surface area contributed by atoms with E-state index in [9.17, 15) is 22.8 Å². The van der Waals surface area contributed by atoms with Gasteiger partial charge in [0, 0.05) is 45.8 Å². The number of hydrogen-bond acceptors (Lipinski definition) is 4. The topological polar surface area (TPSA) is 58.4 Å². The number of amides is 1. The summed E-state index contributed by atoms with van der Waals surface area (Å²) >= 11 is 0. The number of benzene rings is 1. The molecular weight excluding hydrogens is 385 g/mol. The van der Waals surface area contributed by atoms with Gasteiger partial charge in [0.2, 0.25) is 0 Å². The van der Waals surface area contributed by atoms with E-state index >= 15 is 0 Å². The third-order valence-corrected chi connectivity index (χ3v) is 5.64. The first-order chi connectivity index (χ1) is 13.7. The summed E-state index contributed by atoms with van der Waals surface area (Å²) in [7, 11) is 0. The molecule has 154 valence electrons. The molecule has 0 N–H and O–H groups in total. The van der Waals surface area contributed by atoms with Crippen molar-refractivity contribution < 1.29 is 22.8 Å². The Kier molecular flexibility index (Phi) is 4.94. The zero-order valence-corrected chi connectivity index (χ0v) is 15.9. The lowest BCUT2D eigenvalue weighted by atomic mass is 10.0. The van der Waals surface area contributed by atoms with Gasteiger partial charge in [-0.25, -0.2) is 4.79 Å². The van der Waals surface area contributed by atoms with Crippen molar-refractivity contribution in [2.24, 2.45) is 11.8 Å². The normalized spacial score (nSPS) is 22.1. The molecule has 2 unspecified atom stereocenters. The Morgan fingerprint density at radius 1 is 1.10 bits per heavy atom. The minimum absolute atomic E-state index is 0.194. The Balaban J connectivity index is 1.35. The van der Waals surface area contributed by atoms with Crippen LogP contribution in [0.5, 0.6) is 0 Å². The molecular formula is C20H21F3N4O2. The maximum atomic E-state index is 12.9. The summed E-state index contributed by atoms with van der Waals surface area (Å²) < 4.78 is 39.9. The molecule has 2 aromatic rings. The molecule has 6 nitrogen and oxygen atoms in total. The van der Waals surface area contributed by atoms with E-state index < -0.39 is 11.7 Å². The number of likely N-dealkylation sites (tertiary alicyclic amines) is 2. The van der Waals surface area contributed by atoms with Crippen LogP contribution in [0.4, 0.5) is 18.0 Å². The second-order valence-electron chi connectivity index (χ2n) is 7.80. The number of carbonyl (C=O) groups excluding carboxylic acids is 2. The Morgan fingerprint density at radius 3 is 2.38 bits per heavy atom. The van der Waals surface area contributed by atoms with E-state index in [0.29, 0.717) is 25.2 Å². The smallest absolute Gasteiger partial charge is 0.322 e. The van der Waals surface area contributed by atoms with Gasteiger partial charge in [-0.3, -0.25) is 9.69 Å². The van der Waals surface area contributed by atoms with Crippen molar-refractivity contribution in [3.8, 4) is 0 Å². The Hall–Kier alpha value is -2.68. The molecule has 1 amide bonds. The molecule has 9 heteroatoms. The molecule has 2 aliphatic heterocycles. The van der Waals surface area contributed by atoms with Gasteiger partial charge in [0.25, 0.3) is 0 Å². The number of rotatable bonds is 3. The van der Waals surface area contributed by atoms with Crippen LogP contribution < -0.4 is 0 Å². The SMILES string of the molecule is CC(=O)c1ccn(C(=O)N2CC3CN(Cc4cccc(C(F)(F)F)c4)CC3C2)n1. The van der Waals surface area contributed by atoms with Gasteiger partial charge < -0.3 is 4.90 Å². The van der Waals surface area contributed by atoms with Crippen molar-refractivity contribution in [3.63, 3.8) is 0 Å². The van der Waals surface area contributed by atoms with Crippen molar-refractivity contribution in [2.45, 2.75) is 19.6 Å². The molecule has 1 aromatic heterocycles. The molecule has 0 aliphatic carbocycles. The van der Waals surface area contributed by atoms with Crippen LogP contribution in [0.3, 0.4) is 0 Å². The van der Waals surface area contributed by atoms with Gasteiger partial charge in [-0.05, 0) is 29.5 Å². The van der Waals surface area contributed by atoms with E-state index in [0.717, 1.165) is 19.2 Å². The summed E-state index contributed by atoms with van der Waals surface area (Å²) in [4.78, 5) is 27.8. The van der Waals surface area contributed by atoms with Crippen molar-refractivity contribution in [2.75, 3.05) is 26.2 Å². The summed E-state index contributed by atoms with van der Waals surface area (Å²) in [6.45, 7) is 4.50. The fraction of sp³-hybridized carbons (Fsp3) is 0.450. The Labute approximate surface area is 165 Å². The van der Waals surface area contributed by atoms with Crippen LogP contribution in [0.2, 0.25) is 0 Å². The zero-order chi connectivity index (χ0) is 20.8. The van der Waals surface area contributed by atoms with Gasteiger partial charge in [-0.1, -0.05) is 18.2 Å². The molecule has 3 heterocycles. The number of ketones is 1. The highest BCUT2D eigenvalue weighted by atomic mass is 19.4. The number of hydrogen-bond donors (Lipinski definition) is 0. The van der Waals surface area contributed by atoms with Crippen molar-refractivity contribution >= 4 is 11.8 Å². The highest BCUT2D eigenvalue weighted by Crippen LogP contribution is 2.33. The second-order valence-corrected chi connectivity index (χ2v) is 7.80. The maximum Gasteiger partial charge on any atom is 0.416 e. The number of nitrogens with zero attached hydrogens (tertiary/aromatic N) is 4. The minimum Gasteiger partial charge on any atom is -0.322 e. The molecule has 0 saturated carbocycles. The third kappa shape index (κ3) is 4.05. The van der Waals surface area contributed by atoms with Crippen molar-refractivity contribution in [1.82, 2.24) is 19.6 Å². The minimum atomic E-state index is -4.34. The van der Waals surface area contributed by atoms with E-state index in [-0.39, 0.29) is 29.3 Å². The molecule has 2 aliphatic rings. The Morgan fingerprint density at radius 2 is 1.79 bits per heavy atom. The first-order valence-corrected chi connectivity index (χ1v) is 9.45. The van der Waals surface area contributed by atoms with E-state index in [4.69, 9.17) is 0 Å². The van der Waals surface area contributed by atoms with Gasteiger partial charge >= 0.3 is 12.2 Å². The molecule has 2 fully saturated rings. The van der Waals surface area contributed by atoms with Gasteiger partial charge in [-0.2, -0.15) is 23.0 Å². The van der Waals surface area contributed by atoms with Gasteiger partial charge in [-0.15, -0.1) is 0 Å². The molecule has 2 atom stereocenters. The van der Waals surface area contributed by atoms with Crippen LogP contribution in [-0.4, -0.2) is 57.6 Å². The average Bonchev–Trinajstić information content (AvgIpc) is 3.35. The Bertz CT molecular complexity index is 926. The lowest BCUT2D eigenvalue weighted by molar-refractivity contribution is -0.137. The van der Waals surface area contributed by atoms with Crippen LogP contribution in [-0.2, 0) is 12.7 Å². The molecule has 0 radical (unpaired) electrons. The lowest BCUT2D eigenvalue weighted by Gasteiger charge is -2.21. The predicted molar refractivity (Wildman–Crippen MR) is 98.3 cm³/mol. The third-order valence-electron chi connectivity index (χ3n) is 5.64. The summed E-state index contributed by atoms with van der Waals surface area (Å²) in [5, 5.41) is 4.02. The largest absolute Gasteiger partial charge is 0.416 e. The van der Waals surface area contributed by atoms with E-state index in [2.05, 4.69) is 10.00 Å². The first-order valence-electron chi connectivity index (χ1n) is 9.45. The number of fused-ring (bicyclic) bond motifs is 1. The van der Waals surface area contributed by atoms with Gasteiger partial charge in [0.15, 0.2) is 5.78 Å². The monoisotopic (exact) mass is 406 g/mol. The van der Waals surface area contributed by atoms with Gasteiger partial charge in [0.05, 0.1) is 5.56 Å². The van der Waals surface area contributed by atoms with Gasteiger partial charge in [0.1, 0.15) is 5.69 Å². The zero-order valence-electron chi connectivity index (χ0n) is 15.9. The summed E-state index contributed by atoms with van der Waals surface area (Å²) in [6.07, 6.45) is -2.85. The summed E-state index contributed by atoms with van der Waals surface area (Å²) in [5.74, 6) is 0.375. The molecule has 0 bridgehead atoms. The number of carbonyl (C=O) groups is 2. The van der Waals surface area contributed by atoms with E-state index in [1.54, 1.807) is 11.0 Å². The molecule has 0 spiro atoms. The highest BCUT2D eigenvalue weighted by molar-refractivity contribution is 5.92. The van der Waals surface area contributed by atoms with Crippen LogP contribution in [0.1, 0.15) is 28.5 Å². The number of halogens is 3. The summed E-state index contributed by atoms with van der Waals surface area (Å²) in [5.41, 5.74) is 0.265. The second kappa shape index (κ2) is 7.29. The quantitative estimate of drug-likeness (QED) is 0.735. The number of Topliss-reactive ketones (excluding diaryl/α,β-unsaturated/α-hetero) is 1.